The number of aromatic nitrogens is 2. The zero-order valence-corrected chi connectivity index (χ0v) is 16.5. The van der Waals surface area contributed by atoms with Crippen molar-refractivity contribution in [1.29, 1.82) is 0 Å². The van der Waals surface area contributed by atoms with Gasteiger partial charge in [0.25, 0.3) is 5.91 Å². The average Bonchev–Trinajstić information content (AvgIpc) is 3.03. The minimum absolute atomic E-state index is 0.0578. The molecule has 1 amide bonds. The normalized spacial score (nSPS) is 18.3. The molecule has 150 valence electrons. The number of hydrogen-bond acceptors (Lipinski definition) is 4. The third-order valence-corrected chi connectivity index (χ3v) is 6.08. The van der Waals surface area contributed by atoms with Gasteiger partial charge in [0.15, 0.2) is 0 Å². The molecule has 5 rings (SSSR count). The Bertz CT molecular complexity index is 1030. The van der Waals surface area contributed by atoms with E-state index in [2.05, 4.69) is 14.8 Å². The number of rotatable bonds is 3. The molecule has 0 aliphatic carbocycles. The molecule has 2 aromatic heterocycles. The molecular formula is C22H24FN5O. The maximum absolute atomic E-state index is 13.1. The van der Waals surface area contributed by atoms with Gasteiger partial charge >= 0.3 is 0 Å². The Hall–Kier alpha value is -2.93. The fourth-order valence-corrected chi connectivity index (χ4v) is 4.37. The Morgan fingerprint density at radius 2 is 1.76 bits per heavy atom. The van der Waals surface area contributed by atoms with Crippen LogP contribution in [0.2, 0.25) is 0 Å². The highest BCUT2D eigenvalue weighted by Gasteiger charge is 2.37. The summed E-state index contributed by atoms with van der Waals surface area (Å²) in [5.41, 5.74) is 3.32. The van der Waals surface area contributed by atoms with Gasteiger partial charge in [0.05, 0.1) is 5.69 Å². The number of carbonyl (C=O) groups is 1. The highest BCUT2D eigenvalue weighted by atomic mass is 19.1. The largest absolute Gasteiger partial charge is 0.369 e. The van der Waals surface area contributed by atoms with Gasteiger partial charge in [0, 0.05) is 57.2 Å². The van der Waals surface area contributed by atoms with E-state index >= 15 is 0 Å². The first-order valence-corrected chi connectivity index (χ1v) is 10.1. The summed E-state index contributed by atoms with van der Waals surface area (Å²) in [5.74, 6) is -0.143. The minimum atomic E-state index is -0.201. The fraction of sp³-hybridized carbons (Fsp3) is 0.364. The van der Waals surface area contributed by atoms with Crippen molar-refractivity contribution in [2.75, 3.05) is 44.2 Å². The predicted octanol–water partition coefficient (Wildman–Crippen LogP) is 2.43. The van der Waals surface area contributed by atoms with Crippen LogP contribution >= 0.6 is 0 Å². The van der Waals surface area contributed by atoms with Gasteiger partial charge in [-0.25, -0.2) is 9.37 Å². The molecule has 0 unspecified atom stereocenters. The maximum atomic E-state index is 13.1. The molecule has 29 heavy (non-hydrogen) atoms. The number of anilines is 1. The van der Waals surface area contributed by atoms with Gasteiger partial charge in [-0.05, 0) is 43.3 Å². The number of piperazine rings is 1. The van der Waals surface area contributed by atoms with Crippen molar-refractivity contribution in [2.45, 2.75) is 13.0 Å². The Morgan fingerprint density at radius 3 is 2.48 bits per heavy atom. The second-order valence-electron chi connectivity index (χ2n) is 7.84. The smallest absolute Gasteiger partial charge is 0.272 e. The van der Waals surface area contributed by atoms with Crippen molar-refractivity contribution in [2.24, 2.45) is 0 Å². The molecule has 7 heteroatoms. The number of benzene rings is 1. The van der Waals surface area contributed by atoms with Crippen LogP contribution in [0.3, 0.4) is 0 Å². The van der Waals surface area contributed by atoms with Crippen LogP contribution in [-0.2, 0) is 0 Å². The van der Waals surface area contributed by atoms with Gasteiger partial charge in [-0.3, -0.25) is 14.1 Å². The molecule has 2 fully saturated rings. The summed E-state index contributed by atoms with van der Waals surface area (Å²) in [4.78, 5) is 24.2. The van der Waals surface area contributed by atoms with E-state index < -0.39 is 0 Å². The average molecular weight is 393 g/mol. The molecule has 0 saturated carbocycles. The second-order valence-corrected chi connectivity index (χ2v) is 7.84. The molecule has 0 spiro atoms. The molecule has 6 nitrogen and oxygen atoms in total. The van der Waals surface area contributed by atoms with Gasteiger partial charge in [0.1, 0.15) is 17.2 Å². The lowest BCUT2D eigenvalue weighted by molar-refractivity contribution is 0.0241. The molecule has 2 saturated heterocycles. The number of pyridine rings is 1. The number of fused-ring (bicyclic) bond motifs is 1. The summed E-state index contributed by atoms with van der Waals surface area (Å²) < 4.78 is 15.0. The van der Waals surface area contributed by atoms with Crippen LogP contribution in [0.5, 0.6) is 0 Å². The second kappa shape index (κ2) is 7.15. The molecule has 0 bridgehead atoms. The molecule has 2 aliphatic rings. The number of carbonyl (C=O) groups excluding carboxylic acids is 1. The SMILES string of the molecule is Cc1nc2ccccn2c1C(=O)N1CC(N2CCN(c3ccc(F)cc3)CC2)C1. The summed E-state index contributed by atoms with van der Waals surface area (Å²) in [5, 5.41) is 0. The van der Waals surface area contributed by atoms with E-state index in [1.807, 2.05) is 52.8 Å². The lowest BCUT2D eigenvalue weighted by atomic mass is 10.0. The summed E-state index contributed by atoms with van der Waals surface area (Å²) in [6.07, 6.45) is 1.90. The highest BCUT2D eigenvalue weighted by Crippen LogP contribution is 2.23. The Balaban J connectivity index is 1.19. The van der Waals surface area contributed by atoms with E-state index in [0.29, 0.717) is 11.7 Å². The summed E-state index contributed by atoms with van der Waals surface area (Å²) in [7, 11) is 0. The summed E-state index contributed by atoms with van der Waals surface area (Å²) in [6, 6.07) is 12.9. The lowest BCUT2D eigenvalue weighted by Crippen LogP contribution is -2.64. The van der Waals surface area contributed by atoms with Gasteiger partial charge in [-0.1, -0.05) is 6.07 Å². The van der Waals surface area contributed by atoms with Crippen LogP contribution in [0.1, 0.15) is 16.2 Å². The molecule has 3 aromatic rings. The quantitative estimate of drug-likeness (QED) is 0.686. The first-order valence-electron chi connectivity index (χ1n) is 10.1. The molecule has 0 radical (unpaired) electrons. The van der Waals surface area contributed by atoms with Crippen molar-refractivity contribution in [3.8, 4) is 0 Å². The van der Waals surface area contributed by atoms with E-state index in [4.69, 9.17) is 0 Å². The van der Waals surface area contributed by atoms with Gasteiger partial charge in [0.2, 0.25) is 0 Å². The number of likely N-dealkylation sites (tertiary alicyclic amines) is 1. The van der Waals surface area contributed by atoms with E-state index in [1.54, 1.807) is 0 Å². The van der Waals surface area contributed by atoms with Crippen LogP contribution in [0.15, 0.2) is 48.7 Å². The molecule has 4 heterocycles. The van der Waals surface area contributed by atoms with Gasteiger partial charge < -0.3 is 9.80 Å². The monoisotopic (exact) mass is 393 g/mol. The first-order chi connectivity index (χ1) is 14.1. The fourth-order valence-electron chi connectivity index (χ4n) is 4.37. The lowest BCUT2D eigenvalue weighted by Gasteiger charge is -2.48. The highest BCUT2D eigenvalue weighted by molar-refractivity contribution is 5.95. The van der Waals surface area contributed by atoms with Crippen LogP contribution in [0, 0.1) is 12.7 Å². The molecule has 0 atom stereocenters. The molecular weight excluding hydrogens is 369 g/mol. The number of hydrogen-bond donors (Lipinski definition) is 0. The van der Waals surface area contributed by atoms with E-state index in [1.165, 1.54) is 12.1 Å². The Morgan fingerprint density at radius 1 is 1.03 bits per heavy atom. The molecule has 2 aliphatic heterocycles. The number of amides is 1. The number of imidazole rings is 1. The number of nitrogens with zero attached hydrogens (tertiary/aromatic N) is 5. The third-order valence-electron chi connectivity index (χ3n) is 6.08. The summed E-state index contributed by atoms with van der Waals surface area (Å²) in [6.45, 7) is 7.16. The molecule has 1 aromatic carbocycles. The Kier molecular flexibility index (Phi) is 4.47. The standard InChI is InChI=1S/C22H24FN5O/c1-16-21(28-9-3-2-4-20(28)24-16)22(29)27-14-19(15-27)26-12-10-25(11-13-26)18-7-5-17(23)6-8-18/h2-9,19H,10-15H2,1H3. The van der Waals surface area contributed by atoms with E-state index in [9.17, 15) is 9.18 Å². The zero-order chi connectivity index (χ0) is 20.0. The van der Waals surface area contributed by atoms with Crippen LogP contribution in [-0.4, -0.2) is 70.4 Å². The maximum Gasteiger partial charge on any atom is 0.272 e. The summed E-state index contributed by atoms with van der Waals surface area (Å²) >= 11 is 0. The van der Waals surface area contributed by atoms with Crippen LogP contribution in [0.4, 0.5) is 10.1 Å². The topological polar surface area (TPSA) is 44.1 Å². The number of aryl methyl sites for hydroxylation is 1. The molecule has 0 N–H and O–H groups in total. The minimum Gasteiger partial charge on any atom is -0.369 e. The van der Waals surface area contributed by atoms with Gasteiger partial charge in [-0.2, -0.15) is 0 Å². The van der Waals surface area contributed by atoms with Crippen molar-refractivity contribution in [3.05, 3.63) is 65.9 Å². The van der Waals surface area contributed by atoms with Crippen molar-refractivity contribution < 1.29 is 9.18 Å². The third kappa shape index (κ3) is 3.25. The zero-order valence-electron chi connectivity index (χ0n) is 16.5. The van der Waals surface area contributed by atoms with Crippen molar-refractivity contribution in [1.82, 2.24) is 19.2 Å². The van der Waals surface area contributed by atoms with Crippen molar-refractivity contribution >= 4 is 17.2 Å². The van der Waals surface area contributed by atoms with Crippen molar-refractivity contribution in [3.63, 3.8) is 0 Å². The predicted molar refractivity (Wildman–Crippen MR) is 110 cm³/mol. The van der Waals surface area contributed by atoms with Crippen LogP contribution in [0.25, 0.3) is 5.65 Å². The van der Waals surface area contributed by atoms with Crippen LogP contribution < -0.4 is 4.90 Å². The van der Waals surface area contributed by atoms with E-state index in [-0.39, 0.29) is 11.7 Å². The first kappa shape index (κ1) is 18.1. The van der Waals surface area contributed by atoms with E-state index in [0.717, 1.165) is 56.3 Å². The van der Waals surface area contributed by atoms with Gasteiger partial charge in [-0.15, -0.1) is 0 Å². The number of halogens is 1. The Labute approximate surface area is 169 Å².